The van der Waals surface area contributed by atoms with E-state index in [0.717, 1.165) is 13.1 Å². The summed E-state index contributed by atoms with van der Waals surface area (Å²) in [4.78, 5) is 0. The number of nitrogens with zero attached hydrogens (tertiary/aromatic N) is 2. The first kappa shape index (κ1) is 14.2. The van der Waals surface area contributed by atoms with Crippen molar-refractivity contribution < 1.29 is 9.47 Å². The van der Waals surface area contributed by atoms with E-state index in [-0.39, 0.29) is 12.1 Å². The quantitative estimate of drug-likeness (QED) is 0.743. The molecule has 5 heteroatoms. The molecule has 0 spiro atoms. The Morgan fingerprint density at radius 1 is 1.47 bits per heavy atom. The second-order valence-electron chi connectivity index (χ2n) is 4.07. The van der Waals surface area contributed by atoms with Gasteiger partial charge in [-0.3, -0.25) is 4.68 Å². The van der Waals surface area contributed by atoms with E-state index in [4.69, 9.17) is 9.47 Å². The summed E-state index contributed by atoms with van der Waals surface area (Å²) in [7, 11) is 3.38. The van der Waals surface area contributed by atoms with Crippen LogP contribution in [0.25, 0.3) is 0 Å². The molecule has 1 rings (SSSR count). The van der Waals surface area contributed by atoms with Crippen molar-refractivity contribution in [1.82, 2.24) is 15.1 Å². The molecule has 0 fully saturated rings. The van der Waals surface area contributed by atoms with Crippen molar-refractivity contribution >= 4 is 0 Å². The van der Waals surface area contributed by atoms with Crippen molar-refractivity contribution in [2.24, 2.45) is 0 Å². The Labute approximate surface area is 103 Å². The minimum Gasteiger partial charge on any atom is -0.382 e. The molecule has 1 heterocycles. The van der Waals surface area contributed by atoms with Gasteiger partial charge in [-0.05, 0) is 13.8 Å². The Balaban J connectivity index is 2.40. The third-order valence-electron chi connectivity index (χ3n) is 2.81. The molecule has 0 radical (unpaired) electrons. The number of hydrogen-bond acceptors (Lipinski definition) is 4. The van der Waals surface area contributed by atoms with Crippen LogP contribution in [0.1, 0.15) is 25.5 Å². The van der Waals surface area contributed by atoms with Gasteiger partial charge in [-0.25, -0.2) is 0 Å². The Bertz CT molecular complexity index is 314. The van der Waals surface area contributed by atoms with Gasteiger partial charge in [0.1, 0.15) is 0 Å². The monoisotopic (exact) mass is 241 g/mol. The molecule has 17 heavy (non-hydrogen) atoms. The van der Waals surface area contributed by atoms with E-state index in [9.17, 15) is 0 Å². The third kappa shape index (κ3) is 4.46. The first-order valence-electron chi connectivity index (χ1n) is 5.98. The second kappa shape index (κ2) is 7.42. The Hall–Kier alpha value is -0.910. The van der Waals surface area contributed by atoms with Crippen LogP contribution in [-0.2, 0) is 16.0 Å². The van der Waals surface area contributed by atoms with Crippen molar-refractivity contribution in [2.45, 2.75) is 32.5 Å². The molecule has 1 N–H and O–H groups in total. The fraction of sp³-hybridized carbons (Fsp3) is 0.750. The molecular weight excluding hydrogens is 218 g/mol. The van der Waals surface area contributed by atoms with Gasteiger partial charge in [-0.15, -0.1) is 0 Å². The summed E-state index contributed by atoms with van der Waals surface area (Å²) in [5.74, 6) is 0. The number of rotatable bonds is 8. The number of ether oxygens (including phenoxy) is 2. The molecule has 5 nitrogen and oxygen atoms in total. The van der Waals surface area contributed by atoms with Crippen LogP contribution in [0.4, 0.5) is 0 Å². The van der Waals surface area contributed by atoms with Crippen molar-refractivity contribution in [1.29, 1.82) is 0 Å². The molecule has 0 amide bonds. The highest BCUT2D eigenvalue weighted by molar-refractivity contribution is 5.09. The van der Waals surface area contributed by atoms with Crippen LogP contribution in [0.2, 0.25) is 0 Å². The van der Waals surface area contributed by atoms with E-state index in [2.05, 4.69) is 30.5 Å². The van der Waals surface area contributed by atoms with Crippen LogP contribution in [0.5, 0.6) is 0 Å². The minimum absolute atomic E-state index is 0.0867. The number of aryl methyl sites for hydroxylation is 1. The molecule has 0 saturated carbocycles. The summed E-state index contributed by atoms with van der Waals surface area (Å²) < 4.78 is 12.3. The molecule has 2 atom stereocenters. The van der Waals surface area contributed by atoms with Gasteiger partial charge in [0, 0.05) is 45.1 Å². The van der Waals surface area contributed by atoms with Crippen LogP contribution in [0.15, 0.2) is 12.4 Å². The van der Waals surface area contributed by atoms with E-state index >= 15 is 0 Å². The first-order chi connectivity index (χ1) is 8.21. The molecule has 0 saturated heterocycles. The van der Waals surface area contributed by atoms with Gasteiger partial charge >= 0.3 is 0 Å². The molecular formula is C12H23N3O2. The Morgan fingerprint density at radius 3 is 2.76 bits per heavy atom. The second-order valence-corrected chi connectivity index (χ2v) is 4.07. The molecule has 1 aromatic heterocycles. The van der Waals surface area contributed by atoms with E-state index in [1.54, 1.807) is 14.2 Å². The first-order valence-corrected chi connectivity index (χ1v) is 5.98. The topological polar surface area (TPSA) is 48.3 Å². The molecule has 0 aromatic carbocycles. The zero-order valence-corrected chi connectivity index (χ0v) is 11.1. The van der Waals surface area contributed by atoms with E-state index < -0.39 is 0 Å². The van der Waals surface area contributed by atoms with Crippen molar-refractivity contribution in [2.75, 3.05) is 27.4 Å². The standard InChI is InChI=1S/C12H23N3O2/c1-5-15-8-11(6-14-15)10(2)13-7-12(17-4)9-16-3/h6,8,10,12-13H,5,7,9H2,1-4H3. The summed E-state index contributed by atoms with van der Waals surface area (Å²) in [6, 6.07) is 0.268. The summed E-state index contributed by atoms with van der Waals surface area (Å²) in [5.41, 5.74) is 1.19. The highest BCUT2D eigenvalue weighted by Crippen LogP contribution is 2.10. The summed E-state index contributed by atoms with van der Waals surface area (Å²) in [6.07, 6.45) is 4.05. The summed E-state index contributed by atoms with van der Waals surface area (Å²) >= 11 is 0. The lowest BCUT2D eigenvalue weighted by molar-refractivity contribution is 0.0276. The van der Waals surface area contributed by atoms with Gasteiger partial charge in [-0.2, -0.15) is 5.10 Å². The number of nitrogens with one attached hydrogen (secondary N) is 1. The average molecular weight is 241 g/mol. The van der Waals surface area contributed by atoms with Gasteiger partial charge in [0.05, 0.1) is 18.9 Å². The molecule has 0 aliphatic carbocycles. The molecule has 0 aliphatic heterocycles. The summed E-state index contributed by atoms with van der Waals surface area (Å²) in [5, 5.41) is 7.67. The SMILES string of the molecule is CCn1cc(C(C)NCC(COC)OC)cn1. The fourth-order valence-corrected chi connectivity index (χ4v) is 1.60. The van der Waals surface area contributed by atoms with Gasteiger partial charge < -0.3 is 14.8 Å². The van der Waals surface area contributed by atoms with E-state index in [1.807, 2.05) is 10.9 Å². The van der Waals surface area contributed by atoms with Crippen LogP contribution >= 0.6 is 0 Å². The number of methoxy groups -OCH3 is 2. The van der Waals surface area contributed by atoms with Crippen LogP contribution < -0.4 is 5.32 Å². The largest absolute Gasteiger partial charge is 0.382 e. The van der Waals surface area contributed by atoms with Gasteiger partial charge in [0.15, 0.2) is 0 Å². The van der Waals surface area contributed by atoms with Crippen LogP contribution in [-0.4, -0.2) is 43.3 Å². The van der Waals surface area contributed by atoms with Crippen molar-refractivity contribution in [3.63, 3.8) is 0 Å². The Kier molecular flexibility index (Phi) is 6.18. The van der Waals surface area contributed by atoms with Gasteiger partial charge in [-0.1, -0.05) is 0 Å². The van der Waals surface area contributed by atoms with Crippen LogP contribution in [0.3, 0.4) is 0 Å². The molecule has 2 unspecified atom stereocenters. The fourth-order valence-electron chi connectivity index (χ4n) is 1.60. The minimum atomic E-state index is 0.0867. The van der Waals surface area contributed by atoms with E-state index in [0.29, 0.717) is 6.61 Å². The molecule has 0 bridgehead atoms. The average Bonchev–Trinajstić information content (AvgIpc) is 2.82. The highest BCUT2D eigenvalue weighted by atomic mass is 16.5. The molecule has 1 aromatic rings. The number of aromatic nitrogens is 2. The lowest BCUT2D eigenvalue weighted by Gasteiger charge is -2.18. The highest BCUT2D eigenvalue weighted by Gasteiger charge is 2.11. The zero-order valence-electron chi connectivity index (χ0n) is 11.1. The van der Waals surface area contributed by atoms with Gasteiger partial charge in [0.25, 0.3) is 0 Å². The zero-order chi connectivity index (χ0) is 12.7. The van der Waals surface area contributed by atoms with Crippen LogP contribution in [0, 0.1) is 0 Å². The summed E-state index contributed by atoms with van der Waals surface area (Å²) in [6.45, 7) is 6.47. The van der Waals surface area contributed by atoms with Crippen molar-refractivity contribution in [3.8, 4) is 0 Å². The molecule has 0 aliphatic rings. The lowest BCUT2D eigenvalue weighted by Crippen LogP contribution is -2.33. The predicted octanol–water partition coefficient (Wildman–Crippen LogP) is 1.21. The molecule has 98 valence electrons. The maximum atomic E-state index is 5.30. The maximum Gasteiger partial charge on any atom is 0.0928 e. The predicted molar refractivity (Wildman–Crippen MR) is 67.0 cm³/mol. The number of hydrogen-bond donors (Lipinski definition) is 1. The van der Waals surface area contributed by atoms with E-state index in [1.165, 1.54) is 5.56 Å². The Morgan fingerprint density at radius 2 is 2.24 bits per heavy atom. The maximum absolute atomic E-state index is 5.30. The smallest absolute Gasteiger partial charge is 0.0928 e. The third-order valence-corrected chi connectivity index (χ3v) is 2.81. The van der Waals surface area contributed by atoms with Crippen molar-refractivity contribution in [3.05, 3.63) is 18.0 Å². The lowest BCUT2D eigenvalue weighted by atomic mass is 10.2. The van der Waals surface area contributed by atoms with Gasteiger partial charge in [0.2, 0.25) is 0 Å². The normalized spacial score (nSPS) is 14.8.